The normalized spacial score (nSPS) is 18.2. The van der Waals surface area contributed by atoms with Crippen LogP contribution < -0.4 is 4.90 Å². The molecule has 2 aliphatic rings. The molecule has 1 saturated carbocycles. The number of benzene rings is 1. The molecule has 0 bridgehead atoms. The van der Waals surface area contributed by atoms with E-state index in [1.165, 1.54) is 12.8 Å². The van der Waals surface area contributed by atoms with Crippen molar-refractivity contribution in [3.8, 4) is 6.07 Å². The number of nitriles is 1. The van der Waals surface area contributed by atoms with Crippen LogP contribution in [0.2, 0.25) is 0 Å². The first-order valence-corrected chi connectivity index (χ1v) is 9.27. The van der Waals surface area contributed by atoms with Crippen molar-refractivity contribution in [1.29, 1.82) is 5.26 Å². The second-order valence-corrected chi connectivity index (χ2v) is 7.24. The van der Waals surface area contributed by atoms with Gasteiger partial charge in [0, 0.05) is 36.6 Å². The van der Waals surface area contributed by atoms with E-state index in [-0.39, 0.29) is 0 Å². The van der Waals surface area contributed by atoms with Crippen LogP contribution in [0.3, 0.4) is 0 Å². The van der Waals surface area contributed by atoms with E-state index in [9.17, 15) is 5.26 Å². The topological polar surface area (TPSA) is 70.6 Å². The van der Waals surface area contributed by atoms with Crippen LogP contribution in [0, 0.1) is 11.3 Å². The average molecular weight is 344 g/mol. The largest absolute Gasteiger partial charge is 0.370 e. The van der Waals surface area contributed by atoms with Gasteiger partial charge in [-0.3, -0.25) is 4.98 Å². The summed E-state index contributed by atoms with van der Waals surface area (Å²) in [5.41, 5.74) is 2.63. The number of para-hydroxylation sites is 1. The van der Waals surface area contributed by atoms with Gasteiger partial charge in [-0.25, -0.2) is 0 Å². The van der Waals surface area contributed by atoms with Crippen molar-refractivity contribution in [3.63, 3.8) is 0 Å². The zero-order chi connectivity index (χ0) is 17.5. The number of aromatic nitrogens is 4. The minimum absolute atomic E-state index is 0.452. The van der Waals surface area contributed by atoms with Crippen molar-refractivity contribution in [1.82, 2.24) is 19.7 Å². The number of anilines is 1. The smallest absolute Gasteiger partial charge is 0.136 e. The fourth-order valence-corrected chi connectivity index (χ4v) is 4.09. The van der Waals surface area contributed by atoms with E-state index < -0.39 is 0 Å². The third-order valence-electron chi connectivity index (χ3n) is 5.58. The van der Waals surface area contributed by atoms with Gasteiger partial charge in [-0.1, -0.05) is 18.2 Å². The molecular weight excluding hydrogens is 324 g/mol. The Morgan fingerprint density at radius 3 is 2.65 bits per heavy atom. The highest BCUT2D eigenvalue weighted by molar-refractivity contribution is 5.94. The summed E-state index contributed by atoms with van der Waals surface area (Å²) in [6.45, 7) is 1.84. The Bertz CT molecular complexity index is 989. The summed E-state index contributed by atoms with van der Waals surface area (Å²) in [6.07, 6.45) is 8.16. The Morgan fingerprint density at radius 2 is 1.88 bits per heavy atom. The van der Waals surface area contributed by atoms with Crippen LogP contribution in [0.25, 0.3) is 10.9 Å². The average Bonchev–Trinajstić information content (AvgIpc) is 3.43. The Morgan fingerprint density at radius 1 is 1.08 bits per heavy atom. The fraction of sp³-hybridized carbons (Fsp3) is 0.400. The van der Waals surface area contributed by atoms with E-state index in [4.69, 9.17) is 0 Å². The van der Waals surface area contributed by atoms with Crippen LogP contribution in [0.1, 0.15) is 49.0 Å². The molecule has 0 amide bonds. The van der Waals surface area contributed by atoms with Gasteiger partial charge in [-0.15, -0.1) is 10.2 Å². The lowest BCUT2D eigenvalue weighted by molar-refractivity contribution is 0.465. The quantitative estimate of drug-likeness (QED) is 0.728. The lowest BCUT2D eigenvalue weighted by Gasteiger charge is -2.34. The molecule has 0 atom stereocenters. The van der Waals surface area contributed by atoms with E-state index in [1.807, 2.05) is 24.5 Å². The van der Waals surface area contributed by atoms with Gasteiger partial charge in [0.15, 0.2) is 0 Å². The lowest BCUT2D eigenvalue weighted by Crippen LogP contribution is -2.34. The van der Waals surface area contributed by atoms with Crippen molar-refractivity contribution in [2.24, 2.45) is 0 Å². The van der Waals surface area contributed by atoms with Crippen molar-refractivity contribution in [3.05, 3.63) is 48.2 Å². The maximum Gasteiger partial charge on any atom is 0.136 e. The molecule has 0 unspecified atom stereocenters. The van der Waals surface area contributed by atoms with E-state index in [2.05, 4.69) is 36.8 Å². The molecule has 0 N–H and O–H groups in total. The molecular formula is C20H20N6. The van der Waals surface area contributed by atoms with Gasteiger partial charge in [0.05, 0.1) is 16.8 Å². The second-order valence-electron chi connectivity index (χ2n) is 7.24. The molecule has 3 heterocycles. The minimum atomic E-state index is 0.452. The first-order valence-electron chi connectivity index (χ1n) is 9.27. The summed E-state index contributed by atoms with van der Waals surface area (Å²) in [4.78, 5) is 6.77. The van der Waals surface area contributed by atoms with Gasteiger partial charge in [-0.05, 0) is 31.7 Å². The summed E-state index contributed by atoms with van der Waals surface area (Å²) in [6, 6.07) is 11.0. The summed E-state index contributed by atoms with van der Waals surface area (Å²) < 4.78 is 2.28. The number of piperidine rings is 1. The Labute approximate surface area is 152 Å². The zero-order valence-corrected chi connectivity index (χ0v) is 14.5. The molecule has 1 saturated heterocycles. The molecule has 1 aliphatic heterocycles. The maximum absolute atomic E-state index is 9.58. The maximum atomic E-state index is 9.58. The van der Waals surface area contributed by atoms with Crippen LogP contribution in [0.5, 0.6) is 0 Å². The van der Waals surface area contributed by atoms with Crippen LogP contribution >= 0.6 is 0 Å². The predicted octanol–water partition coefficient (Wildman–Crippen LogP) is 3.42. The molecule has 0 radical (unpaired) electrons. The van der Waals surface area contributed by atoms with Crippen LogP contribution in [0.4, 0.5) is 5.69 Å². The third kappa shape index (κ3) is 2.51. The fourth-order valence-electron chi connectivity index (χ4n) is 4.09. The summed E-state index contributed by atoms with van der Waals surface area (Å²) in [5, 5.41) is 19.2. The Hall–Kier alpha value is -2.94. The van der Waals surface area contributed by atoms with Crippen molar-refractivity contribution in [2.45, 2.75) is 37.6 Å². The van der Waals surface area contributed by atoms with Crippen molar-refractivity contribution < 1.29 is 0 Å². The first kappa shape index (κ1) is 15.3. The first-order chi connectivity index (χ1) is 12.8. The van der Waals surface area contributed by atoms with Crippen LogP contribution in [0.15, 0.2) is 36.8 Å². The van der Waals surface area contributed by atoms with E-state index >= 15 is 0 Å². The van der Waals surface area contributed by atoms with Gasteiger partial charge in [-0.2, -0.15) is 5.26 Å². The molecule has 2 fully saturated rings. The Balaban J connectivity index is 1.43. The standard InChI is InChI=1S/C20H20N6/c21-11-15-12-22-18-4-2-1-3-17(18)19(15)25-9-7-14(8-10-25)20-24-23-13-26(20)16-5-6-16/h1-4,12-14,16H,5-10H2. The van der Waals surface area contributed by atoms with E-state index in [0.717, 1.165) is 48.3 Å². The summed E-state index contributed by atoms with van der Waals surface area (Å²) in [5.74, 6) is 1.60. The zero-order valence-electron chi connectivity index (χ0n) is 14.5. The lowest BCUT2D eigenvalue weighted by atomic mass is 9.94. The van der Waals surface area contributed by atoms with Crippen molar-refractivity contribution in [2.75, 3.05) is 18.0 Å². The molecule has 130 valence electrons. The molecule has 1 aromatic carbocycles. The molecule has 1 aliphatic carbocycles. The number of fused-ring (bicyclic) bond motifs is 1. The third-order valence-corrected chi connectivity index (χ3v) is 5.58. The van der Waals surface area contributed by atoms with E-state index in [1.54, 1.807) is 6.20 Å². The highest BCUT2D eigenvalue weighted by Gasteiger charge is 2.31. The minimum Gasteiger partial charge on any atom is -0.370 e. The van der Waals surface area contributed by atoms with Crippen LogP contribution in [-0.2, 0) is 0 Å². The van der Waals surface area contributed by atoms with Gasteiger partial charge >= 0.3 is 0 Å². The Kier molecular flexibility index (Phi) is 3.59. The summed E-state index contributed by atoms with van der Waals surface area (Å²) in [7, 11) is 0. The number of hydrogen-bond donors (Lipinski definition) is 0. The van der Waals surface area contributed by atoms with E-state index in [0.29, 0.717) is 17.5 Å². The predicted molar refractivity (Wildman–Crippen MR) is 98.9 cm³/mol. The SMILES string of the molecule is N#Cc1cnc2ccccc2c1N1CCC(c2nncn2C2CC2)CC1. The van der Waals surface area contributed by atoms with Gasteiger partial charge < -0.3 is 9.47 Å². The number of rotatable bonds is 3. The van der Waals surface area contributed by atoms with Gasteiger partial charge in [0.25, 0.3) is 0 Å². The molecule has 2 aromatic heterocycles. The number of hydrogen-bond acceptors (Lipinski definition) is 5. The highest BCUT2D eigenvalue weighted by atomic mass is 15.3. The molecule has 6 heteroatoms. The van der Waals surface area contributed by atoms with Crippen molar-refractivity contribution >= 4 is 16.6 Å². The molecule has 0 spiro atoms. The second kappa shape index (κ2) is 6.10. The van der Waals surface area contributed by atoms with Gasteiger partial charge in [0.2, 0.25) is 0 Å². The number of nitrogens with zero attached hydrogens (tertiary/aromatic N) is 6. The van der Waals surface area contributed by atoms with Crippen LogP contribution in [-0.4, -0.2) is 32.8 Å². The highest BCUT2D eigenvalue weighted by Crippen LogP contribution is 2.39. The molecule has 6 nitrogen and oxygen atoms in total. The summed E-state index contributed by atoms with van der Waals surface area (Å²) >= 11 is 0. The molecule has 5 rings (SSSR count). The molecule has 3 aromatic rings. The van der Waals surface area contributed by atoms with Gasteiger partial charge in [0.1, 0.15) is 18.2 Å². The monoisotopic (exact) mass is 344 g/mol. The molecule has 26 heavy (non-hydrogen) atoms. The number of pyridine rings is 1.